The predicted molar refractivity (Wildman–Crippen MR) is 52.6 cm³/mol. The van der Waals surface area contributed by atoms with E-state index in [4.69, 9.17) is 5.11 Å². The van der Waals surface area contributed by atoms with Crippen LogP contribution in [0.3, 0.4) is 0 Å². The van der Waals surface area contributed by atoms with E-state index in [-0.39, 0.29) is 3.57 Å². The van der Waals surface area contributed by atoms with E-state index < -0.39 is 28.9 Å². The Balaban J connectivity index is 3.56. The fourth-order valence-electron chi connectivity index (χ4n) is 0.969. The molecule has 0 amide bonds. The van der Waals surface area contributed by atoms with Crippen LogP contribution in [0.5, 0.6) is 5.75 Å². The minimum absolute atomic E-state index is 0.173. The molecule has 0 aromatic heterocycles. The van der Waals surface area contributed by atoms with Gasteiger partial charge >= 0.3 is 5.97 Å². The van der Waals surface area contributed by atoms with Gasteiger partial charge in [0.1, 0.15) is 11.4 Å². The van der Waals surface area contributed by atoms with Crippen molar-refractivity contribution in [1.82, 2.24) is 0 Å². The predicted octanol–water partition coefficient (Wildman–Crippen LogP) is 2.28. The molecule has 0 aliphatic carbocycles. The number of halogens is 3. The molecule has 1 N–H and O–H groups in total. The molecular formula is C8H5F2IO3. The van der Waals surface area contributed by atoms with Crippen molar-refractivity contribution in [2.45, 2.75) is 0 Å². The van der Waals surface area contributed by atoms with Crippen LogP contribution in [0.15, 0.2) is 6.07 Å². The Morgan fingerprint density at radius 1 is 1.50 bits per heavy atom. The molecule has 0 aliphatic rings. The van der Waals surface area contributed by atoms with Crippen LogP contribution in [0.4, 0.5) is 8.78 Å². The molecule has 14 heavy (non-hydrogen) atoms. The summed E-state index contributed by atoms with van der Waals surface area (Å²) in [6.45, 7) is 0. The summed E-state index contributed by atoms with van der Waals surface area (Å²) in [6.07, 6.45) is 0. The second-order valence-corrected chi connectivity index (χ2v) is 3.45. The van der Waals surface area contributed by atoms with Gasteiger partial charge in [-0.2, -0.15) is 0 Å². The summed E-state index contributed by atoms with van der Waals surface area (Å²) in [7, 11) is 1.12. The molecule has 1 rings (SSSR count). The SMILES string of the molecule is COc1c(F)cc(F)c(I)c1C(=O)O. The van der Waals surface area contributed by atoms with Gasteiger partial charge in [-0.05, 0) is 22.6 Å². The highest BCUT2D eigenvalue weighted by Gasteiger charge is 2.22. The molecule has 0 atom stereocenters. The molecule has 76 valence electrons. The number of benzene rings is 1. The van der Waals surface area contributed by atoms with Crippen molar-refractivity contribution in [3.8, 4) is 5.75 Å². The van der Waals surface area contributed by atoms with E-state index in [0.717, 1.165) is 7.11 Å². The highest BCUT2D eigenvalue weighted by atomic mass is 127. The molecule has 6 heteroatoms. The Hall–Kier alpha value is -0.920. The second kappa shape index (κ2) is 4.07. The van der Waals surface area contributed by atoms with Gasteiger partial charge in [0, 0.05) is 6.07 Å². The molecule has 1 aromatic carbocycles. The van der Waals surface area contributed by atoms with Crippen molar-refractivity contribution < 1.29 is 23.4 Å². The molecule has 0 spiro atoms. The largest absolute Gasteiger partial charge is 0.493 e. The Morgan fingerprint density at radius 3 is 2.50 bits per heavy atom. The first-order valence-electron chi connectivity index (χ1n) is 3.43. The Bertz CT molecular complexity index is 393. The molecule has 0 aliphatic heterocycles. The first kappa shape index (κ1) is 11.2. The summed E-state index contributed by atoms with van der Waals surface area (Å²) in [4.78, 5) is 10.7. The number of rotatable bonds is 2. The zero-order chi connectivity index (χ0) is 10.9. The Labute approximate surface area is 91.8 Å². The highest BCUT2D eigenvalue weighted by molar-refractivity contribution is 14.1. The molecular weight excluding hydrogens is 309 g/mol. The van der Waals surface area contributed by atoms with E-state index in [1.165, 1.54) is 22.6 Å². The summed E-state index contributed by atoms with van der Waals surface area (Å²) in [5, 5.41) is 8.71. The van der Waals surface area contributed by atoms with Crippen LogP contribution >= 0.6 is 22.6 Å². The number of aromatic carboxylic acids is 1. The summed E-state index contributed by atoms with van der Waals surface area (Å²) >= 11 is 1.48. The molecule has 1 aromatic rings. The van der Waals surface area contributed by atoms with E-state index in [2.05, 4.69) is 4.74 Å². The third-order valence-corrected chi connectivity index (χ3v) is 2.60. The highest BCUT2D eigenvalue weighted by Crippen LogP contribution is 2.29. The zero-order valence-corrected chi connectivity index (χ0v) is 9.13. The summed E-state index contributed by atoms with van der Waals surface area (Å²) < 4.78 is 30.3. The first-order chi connectivity index (χ1) is 6.49. The van der Waals surface area contributed by atoms with Crippen molar-refractivity contribution in [2.24, 2.45) is 0 Å². The third kappa shape index (κ3) is 1.79. The quantitative estimate of drug-likeness (QED) is 0.673. The maximum Gasteiger partial charge on any atom is 0.340 e. The Kier molecular flexibility index (Phi) is 3.25. The van der Waals surface area contributed by atoms with Crippen LogP contribution < -0.4 is 4.74 Å². The second-order valence-electron chi connectivity index (χ2n) is 2.37. The summed E-state index contributed by atoms with van der Waals surface area (Å²) in [5.74, 6) is -3.82. The lowest BCUT2D eigenvalue weighted by molar-refractivity contribution is 0.0690. The molecule has 0 saturated heterocycles. The molecule has 0 heterocycles. The topological polar surface area (TPSA) is 46.5 Å². The van der Waals surface area contributed by atoms with Gasteiger partial charge in [0.15, 0.2) is 11.6 Å². The van der Waals surface area contributed by atoms with E-state index in [0.29, 0.717) is 6.07 Å². The summed E-state index contributed by atoms with van der Waals surface area (Å²) in [5.41, 5.74) is -0.495. The lowest BCUT2D eigenvalue weighted by atomic mass is 10.2. The van der Waals surface area contributed by atoms with Crippen molar-refractivity contribution in [1.29, 1.82) is 0 Å². The number of carboxylic acids is 1. The standard InChI is InChI=1S/C8H5F2IO3/c1-14-7-4(10)2-3(9)6(11)5(7)8(12)13/h2H,1H3,(H,12,13). The first-order valence-corrected chi connectivity index (χ1v) is 4.51. The van der Waals surface area contributed by atoms with E-state index in [1.54, 1.807) is 0 Å². The van der Waals surface area contributed by atoms with Gasteiger partial charge in [0.2, 0.25) is 0 Å². The lowest BCUT2D eigenvalue weighted by Crippen LogP contribution is -2.07. The normalized spacial score (nSPS) is 10.0. The van der Waals surface area contributed by atoms with Crippen molar-refractivity contribution in [3.63, 3.8) is 0 Å². The molecule has 3 nitrogen and oxygen atoms in total. The van der Waals surface area contributed by atoms with E-state index >= 15 is 0 Å². The maximum absolute atomic E-state index is 13.0. The van der Waals surface area contributed by atoms with Crippen molar-refractivity contribution >= 4 is 28.6 Å². The van der Waals surface area contributed by atoms with Crippen molar-refractivity contribution in [3.05, 3.63) is 26.8 Å². The van der Waals surface area contributed by atoms with Crippen LogP contribution in [0.25, 0.3) is 0 Å². The maximum atomic E-state index is 13.0. The average molecular weight is 314 g/mol. The molecule has 0 bridgehead atoms. The molecule has 0 radical (unpaired) electrons. The minimum atomic E-state index is -1.43. The minimum Gasteiger partial charge on any atom is -0.493 e. The average Bonchev–Trinajstić information content (AvgIpc) is 2.10. The molecule has 0 saturated carbocycles. The van der Waals surface area contributed by atoms with Crippen LogP contribution in [0.1, 0.15) is 10.4 Å². The fourth-order valence-corrected chi connectivity index (χ4v) is 1.60. The zero-order valence-electron chi connectivity index (χ0n) is 6.97. The number of hydrogen-bond donors (Lipinski definition) is 1. The van der Waals surface area contributed by atoms with Crippen LogP contribution in [-0.4, -0.2) is 18.2 Å². The van der Waals surface area contributed by atoms with Gasteiger partial charge in [0.25, 0.3) is 0 Å². The molecule has 0 unspecified atom stereocenters. The number of hydrogen-bond acceptors (Lipinski definition) is 2. The van der Waals surface area contributed by atoms with E-state index in [1.807, 2.05) is 0 Å². The van der Waals surface area contributed by atoms with Gasteiger partial charge < -0.3 is 9.84 Å². The molecule has 0 fully saturated rings. The smallest absolute Gasteiger partial charge is 0.340 e. The van der Waals surface area contributed by atoms with E-state index in [9.17, 15) is 13.6 Å². The summed E-state index contributed by atoms with van der Waals surface area (Å²) in [6, 6.07) is 0.590. The van der Waals surface area contributed by atoms with Crippen molar-refractivity contribution in [2.75, 3.05) is 7.11 Å². The van der Waals surface area contributed by atoms with Gasteiger partial charge in [-0.1, -0.05) is 0 Å². The monoisotopic (exact) mass is 314 g/mol. The van der Waals surface area contributed by atoms with Gasteiger partial charge in [-0.25, -0.2) is 13.6 Å². The number of carbonyl (C=O) groups is 1. The number of methoxy groups -OCH3 is 1. The van der Waals surface area contributed by atoms with Gasteiger partial charge in [0.05, 0.1) is 10.7 Å². The van der Waals surface area contributed by atoms with Gasteiger partial charge in [-0.15, -0.1) is 0 Å². The fraction of sp³-hybridized carbons (Fsp3) is 0.125. The van der Waals surface area contributed by atoms with Crippen LogP contribution in [0, 0.1) is 15.2 Å². The lowest BCUT2D eigenvalue weighted by Gasteiger charge is -2.08. The Morgan fingerprint density at radius 2 is 2.07 bits per heavy atom. The van der Waals surface area contributed by atoms with Gasteiger partial charge in [-0.3, -0.25) is 0 Å². The van der Waals surface area contributed by atoms with Crippen LogP contribution in [-0.2, 0) is 0 Å². The van der Waals surface area contributed by atoms with Crippen LogP contribution in [0.2, 0.25) is 0 Å². The third-order valence-electron chi connectivity index (χ3n) is 1.54. The number of ether oxygens (including phenoxy) is 1. The number of carboxylic acid groups (broad SMARTS) is 1.